The number of nitrogens with zero attached hydrogens (tertiary/aromatic N) is 1. The van der Waals surface area contributed by atoms with Crippen LogP contribution in [0.5, 0.6) is 0 Å². The molecule has 2 aromatic carbocycles. The van der Waals surface area contributed by atoms with Crippen molar-refractivity contribution in [1.82, 2.24) is 4.90 Å². The molecule has 1 aliphatic rings. The molecule has 0 spiro atoms. The molecule has 23 heavy (non-hydrogen) atoms. The molecule has 0 fully saturated rings. The van der Waals surface area contributed by atoms with Crippen LogP contribution in [-0.4, -0.2) is 36.4 Å². The van der Waals surface area contributed by atoms with E-state index >= 15 is 0 Å². The van der Waals surface area contributed by atoms with E-state index in [-0.39, 0.29) is 0 Å². The highest BCUT2D eigenvalue weighted by atomic mass is 35.5. The van der Waals surface area contributed by atoms with Crippen LogP contribution >= 0.6 is 11.6 Å². The molecule has 0 saturated carbocycles. The second-order valence-electron chi connectivity index (χ2n) is 5.61. The largest absolute Gasteiger partial charge is 0.492 e. The van der Waals surface area contributed by atoms with Crippen LogP contribution < -0.4 is 0 Å². The van der Waals surface area contributed by atoms with E-state index in [1.165, 1.54) is 0 Å². The maximum Gasteiger partial charge on any atom is 0.128 e. The third kappa shape index (κ3) is 3.50. The molecule has 3 rings (SSSR count). The van der Waals surface area contributed by atoms with Crippen LogP contribution in [-0.2, 0) is 15.5 Å². The lowest BCUT2D eigenvalue weighted by molar-refractivity contribution is 0.233. The molecule has 0 bridgehead atoms. The SMILES string of the molecule is CN(C)CCOC1=Cc2ccccc2S(=O)c2ccc(Cl)cc21. The summed E-state index contributed by atoms with van der Waals surface area (Å²) in [5.74, 6) is 0.711. The fourth-order valence-electron chi connectivity index (χ4n) is 2.42. The summed E-state index contributed by atoms with van der Waals surface area (Å²) in [6.45, 7) is 1.36. The van der Waals surface area contributed by atoms with Gasteiger partial charge >= 0.3 is 0 Å². The van der Waals surface area contributed by atoms with Crippen LogP contribution in [0, 0.1) is 0 Å². The molecule has 3 nitrogen and oxygen atoms in total. The lowest BCUT2D eigenvalue weighted by Crippen LogP contribution is -2.17. The van der Waals surface area contributed by atoms with Gasteiger partial charge in [0.05, 0.1) is 20.6 Å². The van der Waals surface area contributed by atoms with Gasteiger partial charge in [-0.25, -0.2) is 4.21 Å². The molecule has 0 radical (unpaired) electrons. The summed E-state index contributed by atoms with van der Waals surface area (Å²) >= 11 is 6.15. The Morgan fingerprint density at radius 1 is 1.13 bits per heavy atom. The Labute approximate surface area is 144 Å². The van der Waals surface area contributed by atoms with Crippen LogP contribution in [0.1, 0.15) is 11.1 Å². The topological polar surface area (TPSA) is 29.5 Å². The van der Waals surface area contributed by atoms with Gasteiger partial charge in [0.25, 0.3) is 0 Å². The lowest BCUT2D eigenvalue weighted by Gasteiger charge is -2.15. The second-order valence-corrected chi connectivity index (χ2v) is 7.46. The molecule has 120 valence electrons. The number of hydrogen-bond acceptors (Lipinski definition) is 3. The Bertz CT molecular complexity index is 786. The summed E-state index contributed by atoms with van der Waals surface area (Å²) in [6, 6.07) is 13.1. The van der Waals surface area contributed by atoms with E-state index < -0.39 is 10.8 Å². The molecule has 2 aromatic rings. The summed E-state index contributed by atoms with van der Waals surface area (Å²) in [6.07, 6.45) is 1.95. The molecule has 0 aromatic heterocycles. The monoisotopic (exact) mass is 347 g/mol. The van der Waals surface area contributed by atoms with E-state index in [0.29, 0.717) is 17.4 Å². The van der Waals surface area contributed by atoms with Gasteiger partial charge in [0.15, 0.2) is 0 Å². The number of fused-ring (bicyclic) bond motifs is 2. The average molecular weight is 348 g/mol. The highest BCUT2D eigenvalue weighted by molar-refractivity contribution is 7.85. The zero-order valence-corrected chi connectivity index (χ0v) is 14.7. The Kier molecular flexibility index (Phi) is 4.85. The highest BCUT2D eigenvalue weighted by Gasteiger charge is 2.22. The van der Waals surface area contributed by atoms with Crippen LogP contribution in [0.15, 0.2) is 52.3 Å². The molecule has 0 saturated heterocycles. The summed E-state index contributed by atoms with van der Waals surface area (Å²) in [5, 5.41) is 0.605. The number of rotatable bonds is 4. The molecular weight excluding hydrogens is 330 g/mol. The third-order valence-corrected chi connectivity index (χ3v) is 5.37. The number of benzene rings is 2. The maximum atomic E-state index is 12.9. The van der Waals surface area contributed by atoms with E-state index in [1.807, 2.05) is 56.6 Å². The predicted molar refractivity (Wildman–Crippen MR) is 94.9 cm³/mol. The first-order valence-electron chi connectivity index (χ1n) is 7.36. The Morgan fingerprint density at radius 2 is 1.91 bits per heavy atom. The number of halogens is 1. The molecule has 0 N–H and O–H groups in total. The average Bonchev–Trinajstić information content (AvgIpc) is 2.63. The van der Waals surface area contributed by atoms with Crippen molar-refractivity contribution in [3.8, 4) is 0 Å². The number of ether oxygens (including phenoxy) is 1. The Hall–Kier alpha value is -1.62. The third-order valence-electron chi connectivity index (χ3n) is 3.61. The summed E-state index contributed by atoms with van der Waals surface area (Å²) in [4.78, 5) is 3.58. The van der Waals surface area contributed by atoms with Crippen molar-refractivity contribution >= 4 is 34.2 Å². The molecule has 1 heterocycles. The summed E-state index contributed by atoms with van der Waals surface area (Å²) in [7, 11) is 2.75. The number of likely N-dealkylation sites (N-methyl/N-ethyl adjacent to an activating group) is 1. The van der Waals surface area contributed by atoms with Crippen LogP contribution in [0.4, 0.5) is 0 Å². The minimum atomic E-state index is -1.25. The van der Waals surface area contributed by atoms with E-state index in [2.05, 4.69) is 4.90 Å². The zero-order chi connectivity index (χ0) is 16.4. The maximum absolute atomic E-state index is 12.9. The van der Waals surface area contributed by atoms with Gasteiger partial charge in [-0.05, 0) is 50.0 Å². The predicted octanol–water partition coefficient (Wildman–Crippen LogP) is 3.90. The van der Waals surface area contributed by atoms with Crippen molar-refractivity contribution in [1.29, 1.82) is 0 Å². The standard InChI is InChI=1S/C18H18ClNO2S/c1-20(2)9-10-22-16-11-13-5-3-4-6-17(13)23(21)18-8-7-14(19)12-15(16)18/h3-8,11-12H,9-10H2,1-2H3. The van der Waals surface area contributed by atoms with Gasteiger partial charge in [-0.15, -0.1) is 0 Å². The minimum absolute atomic E-state index is 0.555. The van der Waals surface area contributed by atoms with E-state index in [9.17, 15) is 4.21 Å². The fraction of sp³-hybridized carbons (Fsp3) is 0.222. The van der Waals surface area contributed by atoms with Crippen molar-refractivity contribution in [3.05, 3.63) is 58.6 Å². The minimum Gasteiger partial charge on any atom is -0.492 e. The van der Waals surface area contributed by atoms with Gasteiger partial charge in [0.1, 0.15) is 12.4 Å². The Balaban J connectivity index is 2.08. The normalized spacial score (nSPS) is 16.3. The molecule has 1 atom stereocenters. The first-order valence-corrected chi connectivity index (χ1v) is 8.89. The van der Waals surface area contributed by atoms with Crippen molar-refractivity contribution in [2.75, 3.05) is 27.2 Å². The lowest BCUT2D eigenvalue weighted by atomic mass is 10.1. The van der Waals surface area contributed by atoms with Gasteiger partial charge in [-0.3, -0.25) is 0 Å². The molecule has 0 aliphatic carbocycles. The van der Waals surface area contributed by atoms with Crippen molar-refractivity contribution in [2.45, 2.75) is 9.79 Å². The van der Waals surface area contributed by atoms with Crippen LogP contribution in [0.2, 0.25) is 5.02 Å². The quantitative estimate of drug-likeness (QED) is 0.840. The number of hydrogen-bond donors (Lipinski definition) is 0. The molecule has 1 aliphatic heterocycles. The summed E-state index contributed by atoms with van der Waals surface area (Å²) < 4.78 is 18.9. The molecule has 1 unspecified atom stereocenters. The first kappa shape index (κ1) is 16.2. The van der Waals surface area contributed by atoms with Crippen LogP contribution in [0.25, 0.3) is 11.8 Å². The van der Waals surface area contributed by atoms with Gasteiger partial charge in [0.2, 0.25) is 0 Å². The van der Waals surface area contributed by atoms with E-state index in [1.54, 1.807) is 6.07 Å². The van der Waals surface area contributed by atoms with Gasteiger partial charge in [-0.1, -0.05) is 29.8 Å². The van der Waals surface area contributed by atoms with Gasteiger partial charge in [-0.2, -0.15) is 0 Å². The van der Waals surface area contributed by atoms with Crippen molar-refractivity contribution in [2.24, 2.45) is 0 Å². The second kappa shape index (κ2) is 6.87. The molecular formula is C18H18ClNO2S. The van der Waals surface area contributed by atoms with E-state index in [4.69, 9.17) is 16.3 Å². The molecule has 0 amide bonds. The summed E-state index contributed by atoms with van der Waals surface area (Å²) in [5.41, 5.74) is 1.71. The van der Waals surface area contributed by atoms with Gasteiger partial charge < -0.3 is 9.64 Å². The first-order chi connectivity index (χ1) is 11.1. The molecule has 5 heteroatoms. The highest BCUT2D eigenvalue weighted by Crippen LogP contribution is 2.35. The van der Waals surface area contributed by atoms with Crippen molar-refractivity contribution < 1.29 is 8.95 Å². The zero-order valence-electron chi connectivity index (χ0n) is 13.1. The van der Waals surface area contributed by atoms with Gasteiger partial charge in [0, 0.05) is 17.1 Å². The van der Waals surface area contributed by atoms with Crippen LogP contribution in [0.3, 0.4) is 0 Å². The Morgan fingerprint density at radius 3 is 2.70 bits per heavy atom. The fourth-order valence-corrected chi connectivity index (χ4v) is 3.92. The van der Waals surface area contributed by atoms with Crippen molar-refractivity contribution in [3.63, 3.8) is 0 Å². The smallest absolute Gasteiger partial charge is 0.128 e. The van der Waals surface area contributed by atoms with E-state index in [0.717, 1.165) is 27.5 Å².